The van der Waals surface area contributed by atoms with Crippen LogP contribution in [0.25, 0.3) is 0 Å². The molecule has 0 saturated carbocycles. The minimum absolute atomic E-state index is 0.0107. The Morgan fingerprint density at radius 3 is 2.57 bits per heavy atom. The van der Waals surface area contributed by atoms with Crippen LogP contribution in [-0.2, 0) is 25.2 Å². The van der Waals surface area contributed by atoms with Gasteiger partial charge in [0.05, 0.1) is 36.0 Å². The van der Waals surface area contributed by atoms with E-state index in [0.29, 0.717) is 28.9 Å². The van der Waals surface area contributed by atoms with Crippen LogP contribution < -0.4 is 18.7 Å². The van der Waals surface area contributed by atoms with Gasteiger partial charge in [-0.15, -0.1) is 0 Å². The number of benzene rings is 3. The lowest BCUT2D eigenvalue weighted by molar-refractivity contribution is -0.145. The van der Waals surface area contributed by atoms with Crippen LogP contribution in [-0.4, -0.2) is 81.4 Å². The summed E-state index contributed by atoms with van der Waals surface area (Å²) in [4.78, 5) is 30.6. The van der Waals surface area contributed by atoms with Crippen molar-refractivity contribution in [2.24, 2.45) is 0 Å². The largest absolute Gasteiger partial charge is 0.496 e. The van der Waals surface area contributed by atoms with E-state index in [2.05, 4.69) is 0 Å². The molecule has 3 aromatic rings. The normalized spacial score (nSPS) is 23.9. The minimum Gasteiger partial charge on any atom is -0.496 e. The number of hydrogen-bond donors (Lipinski definition) is 2. The van der Waals surface area contributed by atoms with E-state index >= 15 is 0 Å². The highest BCUT2D eigenvalue weighted by Crippen LogP contribution is 2.55. The highest BCUT2D eigenvalue weighted by molar-refractivity contribution is 7.93. The van der Waals surface area contributed by atoms with Gasteiger partial charge in [0.1, 0.15) is 24.1 Å². The number of hydrogen-bond acceptors (Lipinski definition) is 9. The predicted molar refractivity (Wildman–Crippen MR) is 154 cm³/mol. The molecule has 11 nitrogen and oxygen atoms in total. The maximum Gasteiger partial charge on any atom is 0.321 e. The predicted octanol–water partition coefficient (Wildman–Crippen LogP) is 2.68. The molecule has 1 saturated heterocycles. The summed E-state index contributed by atoms with van der Waals surface area (Å²) in [5.41, 5.74) is -0.932. The van der Waals surface area contributed by atoms with Crippen molar-refractivity contribution >= 4 is 44.9 Å². The molecule has 220 valence electrons. The van der Waals surface area contributed by atoms with Gasteiger partial charge >= 0.3 is 5.97 Å². The summed E-state index contributed by atoms with van der Waals surface area (Å²) in [5.74, 6) is -1.63. The number of para-hydroxylation sites is 1. The van der Waals surface area contributed by atoms with Crippen molar-refractivity contribution < 1.29 is 37.7 Å². The number of anilines is 2. The van der Waals surface area contributed by atoms with Crippen LogP contribution >= 0.6 is 11.6 Å². The molecule has 6 rings (SSSR count). The molecule has 3 aliphatic rings. The SMILES string of the molecule is COc1ccccc1C1(N2C[C@H](O)C[C@H]2C(=O)O)C(=O)N(S(=O)(=O)c2ccc3c(c2)OCCN3C)c2ccc(Cl)cc21. The van der Waals surface area contributed by atoms with Gasteiger partial charge in [-0.25, -0.2) is 12.7 Å². The number of amides is 1. The zero-order chi connectivity index (χ0) is 30.0. The summed E-state index contributed by atoms with van der Waals surface area (Å²) in [5, 5.41) is 21.1. The number of rotatable bonds is 6. The fraction of sp³-hybridized carbons (Fsp3) is 0.310. The number of aliphatic hydroxyl groups excluding tert-OH is 1. The summed E-state index contributed by atoms with van der Waals surface area (Å²) in [7, 11) is -1.31. The van der Waals surface area contributed by atoms with E-state index in [1.807, 2.05) is 11.9 Å². The smallest absolute Gasteiger partial charge is 0.321 e. The maximum absolute atomic E-state index is 15.0. The molecule has 0 radical (unpaired) electrons. The van der Waals surface area contributed by atoms with Crippen LogP contribution in [0.2, 0.25) is 5.02 Å². The van der Waals surface area contributed by atoms with Crippen molar-refractivity contribution in [1.29, 1.82) is 0 Å². The number of carboxylic acid groups (broad SMARTS) is 1. The molecule has 3 atom stereocenters. The van der Waals surface area contributed by atoms with Gasteiger partial charge in [0, 0.05) is 42.2 Å². The zero-order valence-corrected chi connectivity index (χ0v) is 24.3. The molecular weight excluding hydrogens is 586 g/mol. The topological polar surface area (TPSA) is 137 Å². The Morgan fingerprint density at radius 2 is 1.83 bits per heavy atom. The number of likely N-dealkylation sites (N-methyl/N-ethyl adjacent to an activating group) is 1. The third kappa shape index (κ3) is 4.04. The first-order valence-electron chi connectivity index (χ1n) is 13.2. The van der Waals surface area contributed by atoms with Crippen LogP contribution in [0.15, 0.2) is 65.6 Å². The van der Waals surface area contributed by atoms with Crippen LogP contribution in [0.4, 0.5) is 11.4 Å². The van der Waals surface area contributed by atoms with Gasteiger partial charge in [0.2, 0.25) is 0 Å². The van der Waals surface area contributed by atoms with Gasteiger partial charge in [0.25, 0.3) is 15.9 Å². The van der Waals surface area contributed by atoms with Crippen molar-refractivity contribution in [2.75, 3.05) is 43.1 Å². The Bertz CT molecular complexity index is 1720. The molecule has 1 amide bonds. The van der Waals surface area contributed by atoms with E-state index < -0.39 is 39.6 Å². The molecule has 3 heterocycles. The first kappa shape index (κ1) is 28.3. The molecule has 3 aromatic carbocycles. The Kier molecular flexibility index (Phi) is 6.84. The highest BCUT2D eigenvalue weighted by atomic mass is 35.5. The number of sulfonamides is 1. The number of β-amino-alcohol motifs (C(OH)–C–C–N with tert-alkyl or cyclic N) is 1. The van der Waals surface area contributed by atoms with Crippen molar-refractivity contribution in [3.63, 3.8) is 0 Å². The number of carboxylic acids is 1. The van der Waals surface area contributed by atoms with Crippen molar-refractivity contribution in [3.05, 3.63) is 76.8 Å². The Hall–Kier alpha value is -3.84. The van der Waals surface area contributed by atoms with E-state index in [-0.39, 0.29) is 45.4 Å². The quantitative estimate of drug-likeness (QED) is 0.427. The van der Waals surface area contributed by atoms with Gasteiger partial charge in [-0.2, -0.15) is 0 Å². The first-order chi connectivity index (χ1) is 20.0. The molecule has 0 aliphatic carbocycles. The van der Waals surface area contributed by atoms with E-state index in [1.54, 1.807) is 30.3 Å². The first-order valence-corrected chi connectivity index (χ1v) is 15.0. The third-order valence-electron chi connectivity index (χ3n) is 8.12. The molecule has 1 fully saturated rings. The Labute approximate surface area is 247 Å². The van der Waals surface area contributed by atoms with Gasteiger partial charge in [-0.05, 0) is 36.4 Å². The molecule has 0 spiro atoms. The van der Waals surface area contributed by atoms with E-state index in [0.717, 1.165) is 0 Å². The number of aliphatic carboxylic acids is 1. The van der Waals surface area contributed by atoms with Gasteiger partial charge in [-0.3, -0.25) is 14.5 Å². The van der Waals surface area contributed by atoms with E-state index in [4.69, 9.17) is 21.1 Å². The fourth-order valence-corrected chi connectivity index (χ4v) is 7.89. The molecule has 1 unspecified atom stereocenters. The molecule has 0 bridgehead atoms. The number of nitrogens with zero attached hydrogens (tertiary/aromatic N) is 3. The molecule has 0 aromatic heterocycles. The van der Waals surface area contributed by atoms with Gasteiger partial charge in [-0.1, -0.05) is 29.8 Å². The average Bonchev–Trinajstić information content (AvgIpc) is 3.48. The van der Waals surface area contributed by atoms with Crippen LogP contribution in [0, 0.1) is 0 Å². The molecule has 13 heteroatoms. The summed E-state index contributed by atoms with van der Waals surface area (Å²) in [6.07, 6.45) is -1.26. The maximum atomic E-state index is 15.0. The number of likely N-dealkylation sites (tertiary alicyclic amines) is 1. The molecular formula is C29H28ClN3O8S. The second-order valence-corrected chi connectivity index (χ2v) is 12.7. The van der Waals surface area contributed by atoms with Crippen molar-refractivity contribution in [1.82, 2.24) is 4.90 Å². The molecule has 3 aliphatic heterocycles. The third-order valence-corrected chi connectivity index (χ3v) is 10.0. The zero-order valence-electron chi connectivity index (χ0n) is 22.7. The Morgan fingerprint density at radius 1 is 1.10 bits per heavy atom. The number of aliphatic hydroxyl groups is 1. The van der Waals surface area contributed by atoms with Crippen LogP contribution in [0.1, 0.15) is 17.5 Å². The number of methoxy groups -OCH3 is 1. The minimum atomic E-state index is -4.58. The fourth-order valence-electron chi connectivity index (χ4n) is 6.24. The Balaban J connectivity index is 1.63. The summed E-state index contributed by atoms with van der Waals surface area (Å²) in [6, 6.07) is 14.0. The van der Waals surface area contributed by atoms with Gasteiger partial charge < -0.3 is 24.6 Å². The highest BCUT2D eigenvalue weighted by Gasteiger charge is 2.64. The monoisotopic (exact) mass is 613 g/mol. The lowest BCUT2D eigenvalue weighted by Gasteiger charge is -2.40. The second-order valence-electron chi connectivity index (χ2n) is 10.4. The number of fused-ring (bicyclic) bond motifs is 2. The molecule has 42 heavy (non-hydrogen) atoms. The molecule has 2 N–H and O–H groups in total. The van der Waals surface area contributed by atoms with Gasteiger partial charge in [0.15, 0.2) is 5.54 Å². The number of carbonyl (C=O) groups excluding carboxylic acids is 1. The summed E-state index contributed by atoms with van der Waals surface area (Å²) in [6.45, 7) is 0.771. The average molecular weight is 614 g/mol. The van der Waals surface area contributed by atoms with Crippen LogP contribution in [0.3, 0.4) is 0 Å². The second kappa shape index (κ2) is 10.2. The van der Waals surface area contributed by atoms with Crippen molar-refractivity contribution in [2.45, 2.75) is 29.0 Å². The number of ether oxygens (including phenoxy) is 2. The lowest BCUT2D eigenvalue weighted by Crippen LogP contribution is -2.58. The standard InChI is InChI=1S/C29H28ClN3O8S/c1-31-11-12-41-26-15-19(8-10-23(26)31)42(38,39)33-22-9-7-17(30)13-21(22)29(28(33)37,20-5-3-4-6-25(20)40-2)32-16-18(34)14-24(32)27(35)36/h3-10,13,15,18,24,34H,11-12,14,16H2,1-2H3,(H,35,36)/t18-,24+,29?/m1/s1. The van der Waals surface area contributed by atoms with E-state index in [9.17, 15) is 28.2 Å². The number of carbonyl (C=O) groups is 2. The summed E-state index contributed by atoms with van der Waals surface area (Å²) >= 11 is 6.45. The van der Waals surface area contributed by atoms with E-state index in [1.165, 1.54) is 42.3 Å². The van der Waals surface area contributed by atoms with Crippen molar-refractivity contribution in [3.8, 4) is 11.5 Å². The lowest BCUT2D eigenvalue weighted by atomic mass is 9.81. The van der Waals surface area contributed by atoms with Crippen LogP contribution in [0.5, 0.6) is 11.5 Å². The number of halogens is 1. The summed E-state index contributed by atoms with van der Waals surface area (Å²) < 4.78 is 40.9.